The van der Waals surface area contributed by atoms with E-state index in [1.54, 1.807) is 7.11 Å². The van der Waals surface area contributed by atoms with Crippen molar-refractivity contribution in [1.82, 2.24) is 9.55 Å². The zero-order valence-corrected chi connectivity index (χ0v) is 11.8. The number of benzene rings is 2. The topological polar surface area (TPSA) is 29.9 Å². The molecule has 1 N–H and O–H groups in total. The van der Waals surface area contributed by atoms with Gasteiger partial charge in [0.25, 0.3) is 0 Å². The van der Waals surface area contributed by atoms with Crippen molar-refractivity contribution in [3.63, 3.8) is 0 Å². The minimum atomic E-state index is 0.641. The van der Waals surface area contributed by atoms with E-state index in [4.69, 9.17) is 28.6 Å². The average molecular weight is 291 g/mol. The van der Waals surface area contributed by atoms with Crippen LogP contribution in [0.1, 0.15) is 0 Å². The molecule has 5 heteroatoms. The van der Waals surface area contributed by atoms with E-state index in [2.05, 4.69) is 4.98 Å². The second-order valence-electron chi connectivity index (χ2n) is 4.13. The molecular weight excluding hydrogens is 280 g/mol. The van der Waals surface area contributed by atoms with Crippen LogP contribution in [0.25, 0.3) is 16.7 Å². The van der Waals surface area contributed by atoms with Crippen LogP contribution in [-0.4, -0.2) is 16.7 Å². The first kappa shape index (κ1) is 12.3. The monoisotopic (exact) mass is 290 g/mol. The van der Waals surface area contributed by atoms with Crippen molar-refractivity contribution in [3.05, 3.63) is 52.3 Å². The Labute approximate surface area is 120 Å². The molecule has 0 aliphatic carbocycles. The van der Waals surface area contributed by atoms with Gasteiger partial charge in [0.05, 0.1) is 18.1 Å². The van der Waals surface area contributed by atoms with Gasteiger partial charge in [0, 0.05) is 10.7 Å². The third-order valence-electron chi connectivity index (χ3n) is 2.98. The fourth-order valence-electron chi connectivity index (χ4n) is 2.06. The van der Waals surface area contributed by atoms with Crippen LogP contribution in [0.2, 0.25) is 5.02 Å². The van der Waals surface area contributed by atoms with E-state index in [9.17, 15) is 0 Å². The summed E-state index contributed by atoms with van der Waals surface area (Å²) in [6.07, 6.45) is 0. The lowest BCUT2D eigenvalue weighted by Gasteiger charge is -2.06. The molecule has 0 unspecified atom stereocenters. The molecule has 0 saturated heterocycles. The number of fused-ring (bicyclic) bond motifs is 1. The molecule has 1 heterocycles. The number of ether oxygens (including phenoxy) is 1. The van der Waals surface area contributed by atoms with Crippen molar-refractivity contribution < 1.29 is 4.74 Å². The summed E-state index contributed by atoms with van der Waals surface area (Å²) < 4.78 is 7.75. The molecule has 0 radical (unpaired) electrons. The van der Waals surface area contributed by atoms with Crippen LogP contribution in [0, 0.1) is 4.77 Å². The van der Waals surface area contributed by atoms with Gasteiger partial charge in [0.2, 0.25) is 0 Å². The van der Waals surface area contributed by atoms with Gasteiger partial charge in [0.15, 0.2) is 4.77 Å². The van der Waals surface area contributed by atoms with Crippen molar-refractivity contribution >= 4 is 34.9 Å². The minimum absolute atomic E-state index is 0.641. The van der Waals surface area contributed by atoms with Crippen molar-refractivity contribution in [2.75, 3.05) is 7.11 Å². The van der Waals surface area contributed by atoms with Gasteiger partial charge in [-0.1, -0.05) is 11.6 Å². The fraction of sp³-hybridized carbons (Fsp3) is 0.0714. The number of hydrogen-bond donors (Lipinski definition) is 1. The zero-order valence-electron chi connectivity index (χ0n) is 10.2. The van der Waals surface area contributed by atoms with Crippen LogP contribution >= 0.6 is 23.8 Å². The van der Waals surface area contributed by atoms with Crippen LogP contribution < -0.4 is 4.74 Å². The number of imidazole rings is 1. The number of H-pyrrole nitrogens is 1. The molecule has 0 saturated carbocycles. The molecular formula is C14H11ClN2OS. The Balaban J connectivity index is 2.25. The summed E-state index contributed by atoms with van der Waals surface area (Å²) in [4.78, 5) is 3.17. The van der Waals surface area contributed by atoms with Gasteiger partial charge in [0.1, 0.15) is 5.75 Å². The molecule has 3 nitrogen and oxygen atoms in total. The zero-order chi connectivity index (χ0) is 13.4. The van der Waals surface area contributed by atoms with Gasteiger partial charge < -0.3 is 9.72 Å². The maximum Gasteiger partial charge on any atom is 0.182 e. The molecule has 0 amide bonds. The van der Waals surface area contributed by atoms with Crippen molar-refractivity contribution in [1.29, 1.82) is 0 Å². The molecule has 0 aliphatic rings. The van der Waals surface area contributed by atoms with Gasteiger partial charge >= 0.3 is 0 Å². The van der Waals surface area contributed by atoms with Crippen LogP contribution in [0.3, 0.4) is 0 Å². The highest BCUT2D eigenvalue weighted by atomic mass is 35.5. The lowest BCUT2D eigenvalue weighted by molar-refractivity contribution is 0.415. The number of nitrogens with one attached hydrogen (secondary N) is 1. The molecule has 19 heavy (non-hydrogen) atoms. The molecule has 0 atom stereocenters. The summed E-state index contributed by atoms with van der Waals surface area (Å²) in [5.74, 6) is 0.813. The Hall–Kier alpha value is -1.78. The smallest absolute Gasteiger partial charge is 0.182 e. The Morgan fingerprint density at radius 3 is 2.58 bits per heavy atom. The van der Waals surface area contributed by atoms with E-state index in [-0.39, 0.29) is 0 Å². The van der Waals surface area contributed by atoms with E-state index in [0.717, 1.165) is 22.5 Å². The minimum Gasteiger partial charge on any atom is -0.497 e. The summed E-state index contributed by atoms with van der Waals surface area (Å²) in [6, 6.07) is 13.4. The first-order valence-electron chi connectivity index (χ1n) is 5.74. The van der Waals surface area contributed by atoms with Crippen molar-refractivity contribution in [2.24, 2.45) is 0 Å². The van der Waals surface area contributed by atoms with Gasteiger partial charge in [-0.25, -0.2) is 0 Å². The largest absolute Gasteiger partial charge is 0.497 e. The second kappa shape index (κ2) is 4.72. The number of aromatic nitrogens is 2. The lowest BCUT2D eigenvalue weighted by Crippen LogP contribution is -1.94. The Bertz CT molecular complexity index is 789. The lowest BCUT2D eigenvalue weighted by atomic mass is 10.2. The summed E-state index contributed by atoms with van der Waals surface area (Å²) in [7, 11) is 1.64. The standard InChI is InChI=1S/C14H11ClN2OS/c1-18-11-5-3-10(4-6-11)17-13-8-9(15)2-7-12(13)16-14(17)19/h2-8H,1H3,(H,16,19). The predicted octanol–water partition coefficient (Wildman–Crippen LogP) is 4.35. The first-order chi connectivity index (χ1) is 9.19. The van der Waals surface area contributed by atoms with Gasteiger partial charge in [-0.3, -0.25) is 4.57 Å². The SMILES string of the molecule is COc1ccc(-n2c(=S)[nH]c3ccc(Cl)cc32)cc1. The van der Waals surface area contributed by atoms with Crippen molar-refractivity contribution in [2.45, 2.75) is 0 Å². The summed E-state index contributed by atoms with van der Waals surface area (Å²) in [6.45, 7) is 0. The Morgan fingerprint density at radius 1 is 1.16 bits per heavy atom. The van der Waals surface area contributed by atoms with Crippen LogP contribution in [0.4, 0.5) is 0 Å². The molecule has 3 rings (SSSR count). The molecule has 0 aliphatic heterocycles. The number of nitrogens with zero attached hydrogens (tertiary/aromatic N) is 1. The van der Waals surface area contributed by atoms with Gasteiger partial charge in [-0.2, -0.15) is 0 Å². The summed E-state index contributed by atoms with van der Waals surface area (Å²) in [5.41, 5.74) is 2.90. The van der Waals surface area contributed by atoms with Gasteiger partial charge in [-0.05, 0) is 54.7 Å². The molecule has 96 valence electrons. The normalized spacial score (nSPS) is 10.8. The van der Waals surface area contributed by atoms with E-state index in [1.807, 2.05) is 47.0 Å². The van der Waals surface area contributed by atoms with Gasteiger partial charge in [-0.15, -0.1) is 0 Å². The highest BCUT2D eigenvalue weighted by Gasteiger charge is 2.07. The number of hydrogen-bond acceptors (Lipinski definition) is 2. The van der Waals surface area contributed by atoms with E-state index in [0.29, 0.717) is 9.79 Å². The molecule has 0 bridgehead atoms. The average Bonchev–Trinajstić information content (AvgIpc) is 2.74. The Morgan fingerprint density at radius 2 is 1.89 bits per heavy atom. The van der Waals surface area contributed by atoms with Crippen LogP contribution in [0.15, 0.2) is 42.5 Å². The molecule has 1 aromatic heterocycles. The second-order valence-corrected chi connectivity index (χ2v) is 4.95. The first-order valence-corrected chi connectivity index (χ1v) is 6.52. The number of halogens is 1. The molecule has 0 fully saturated rings. The third-order valence-corrected chi connectivity index (χ3v) is 3.50. The van der Waals surface area contributed by atoms with E-state index >= 15 is 0 Å². The highest BCUT2D eigenvalue weighted by Crippen LogP contribution is 2.24. The summed E-state index contributed by atoms with van der Waals surface area (Å²) >= 11 is 11.4. The Kier molecular flexibility index (Phi) is 3.05. The summed E-state index contributed by atoms with van der Waals surface area (Å²) in [5, 5.41) is 0.684. The van der Waals surface area contributed by atoms with Crippen molar-refractivity contribution in [3.8, 4) is 11.4 Å². The fourth-order valence-corrected chi connectivity index (χ4v) is 2.54. The quantitative estimate of drug-likeness (QED) is 0.711. The van der Waals surface area contributed by atoms with Crippen LogP contribution in [-0.2, 0) is 0 Å². The maximum atomic E-state index is 6.05. The molecule has 3 aromatic rings. The van der Waals surface area contributed by atoms with Crippen LogP contribution in [0.5, 0.6) is 5.75 Å². The molecule has 2 aromatic carbocycles. The number of aromatic amines is 1. The van der Waals surface area contributed by atoms with E-state index in [1.165, 1.54) is 0 Å². The van der Waals surface area contributed by atoms with E-state index < -0.39 is 0 Å². The maximum absolute atomic E-state index is 6.05. The number of rotatable bonds is 2. The third kappa shape index (κ3) is 2.13. The highest BCUT2D eigenvalue weighted by molar-refractivity contribution is 7.71. The number of methoxy groups -OCH3 is 1. The molecule has 0 spiro atoms. The predicted molar refractivity (Wildman–Crippen MR) is 80.0 cm³/mol.